The van der Waals surface area contributed by atoms with Crippen molar-refractivity contribution >= 4 is 34.8 Å². The number of methoxy groups -OCH3 is 1. The summed E-state index contributed by atoms with van der Waals surface area (Å²) in [6, 6.07) is 5.86. The highest BCUT2D eigenvalue weighted by Crippen LogP contribution is 2.21. The van der Waals surface area contributed by atoms with E-state index in [1.54, 1.807) is 24.2 Å². The average Bonchev–Trinajstić information content (AvgIpc) is 2.67. The van der Waals surface area contributed by atoms with E-state index in [9.17, 15) is 0 Å². The monoisotopic (exact) mass is 356 g/mol. The maximum absolute atomic E-state index is 5.70. The Morgan fingerprint density at radius 2 is 2.28 bits per heavy atom. The van der Waals surface area contributed by atoms with Gasteiger partial charge in [-0.15, -0.1) is 0 Å². The standard InChI is InChI=1S/C12H13IN4O/c1-8-7-17(12(14)16-8)15-6-9-3-4-10(13)11(5-9)18-2/h3-7H,1-2H3,(H2,14,16). The van der Waals surface area contributed by atoms with E-state index in [1.807, 2.05) is 25.1 Å². The smallest absolute Gasteiger partial charge is 0.221 e. The molecule has 0 amide bonds. The maximum atomic E-state index is 5.70. The van der Waals surface area contributed by atoms with Gasteiger partial charge >= 0.3 is 0 Å². The molecule has 5 nitrogen and oxygen atoms in total. The van der Waals surface area contributed by atoms with Crippen molar-refractivity contribution < 1.29 is 4.74 Å². The number of nitrogen functional groups attached to an aromatic ring is 1. The van der Waals surface area contributed by atoms with Gasteiger partial charge in [-0.25, -0.2) is 9.66 Å². The number of hydrogen-bond donors (Lipinski definition) is 1. The Morgan fingerprint density at radius 3 is 2.89 bits per heavy atom. The molecule has 18 heavy (non-hydrogen) atoms. The Bertz CT molecular complexity index is 592. The predicted octanol–water partition coefficient (Wildman–Crippen LogP) is 2.27. The molecule has 0 aliphatic carbocycles. The minimum absolute atomic E-state index is 0.376. The van der Waals surface area contributed by atoms with Crippen LogP contribution in [0.25, 0.3) is 0 Å². The molecule has 6 heteroatoms. The van der Waals surface area contributed by atoms with Gasteiger partial charge in [0.25, 0.3) is 0 Å². The molecule has 0 bridgehead atoms. The van der Waals surface area contributed by atoms with Crippen molar-refractivity contribution in [2.75, 3.05) is 12.8 Å². The summed E-state index contributed by atoms with van der Waals surface area (Å²) >= 11 is 2.22. The van der Waals surface area contributed by atoms with Crippen LogP contribution in [0, 0.1) is 10.5 Å². The molecule has 94 valence electrons. The number of aromatic nitrogens is 2. The maximum Gasteiger partial charge on any atom is 0.221 e. The number of anilines is 1. The first kappa shape index (κ1) is 12.9. The third kappa shape index (κ3) is 2.81. The van der Waals surface area contributed by atoms with Gasteiger partial charge in [0.15, 0.2) is 0 Å². The van der Waals surface area contributed by atoms with Gasteiger partial charge in [-0.05, 0) is 47.2 Å². The number of aryl methyl sites for hydroxylation is 1. The van der Waals surface area contributed by atoms with Gasteiger partial charge in [-0.3, -0.25) is 0 Å². The van der Waals surface area contributed by atoms with Crippen LogP contribution in [-0.2, 0) is 0 Å². The molecule has 0 saturated heterocycles. The highest BCUT2D eigenvalue weighted by molar-refractivity contribution is 14.1. The summed E-state index contributed by atoms with van der Waals surface area (Å²) in [5.41, 5.74) is 7.48. The molecule has 0 saturated carbocycles. The van der Waals surface area contributed by atoms with Crippen LogP contribution in [-0.4, -0.2) is 23.0 Å². The summed E-state index contributed by atoms with van der Waals surface area (Å²) in [7, 11) is 1.65. The molecule has 0 aliphatic rings. The summed E-state index contributed by atoms with van der Waals surface area (Å²) in [6.45, 7) is 1.87. The lowest BCUT2D eigenvalue weighted by Gasteiger charge is -2.03. The van der Waals surface area contributed by atoms with Gasteiger partial charge in [0.2, 0.25) is 5.95 Å². The van der Waals surface area contributed by atoms with E-state index < -0.39 is 0 Å². The summed E-state index contributed by atoms with van der Waals surface area (Å²) in [5, 5.41) is 4.25. The van der Waals surface area contributed by atoms with Crippen molar-refractivity contribution in [3.63, 3.8) is 0 Å². The second kappa shape index (κ2) is 5.38. The number of benzene rings is 1. The Hall–Kier alpha value is -1.57. The third-order valence-corrected chi connectivity index (χ3v) is 3.23. The van der Waals surface area contributed by atoms with Crippen molar-refractivity contribution in [1.82, 2.24) is 9.66 Å². The van der Waals surface area contributed by atoms with Crippen LogP contribution in [0.1, 0.15) is 11.3 Å². The average molecular weight is 356 g/mol. The zero-order valence-electron chi connectivity index (χ0n) is 10.1. The summed E-state index contributed by atoms with van der Waals surface area (Å²) in [4.78, 5) is 4.07. The van der Waals surface area contributed by atoms with Gasteiger partial charge in [-0.2, -0.15) is 5.10 Å². The van der Waals surface area contributed by atoms with E-state index in [4.69, 9.17) is 10.5 Å². The molecule has 0 radical (unpaired) electrons. The van der Waals surface area contributed by atoms with E-state index in [1.165, 1.54) is 0 Å². The number of rotatable bonds is 3. The number of hydrogen-bond acceptors (Lipinski definition) is 4. The second-order valence-electron chi connectivity index (χ2n) is 3.72. The van der Waals surface area contributed by atoms with E-state index in [-0.39, 0.29) is 0 Å². The van der Waals surface area contributed by atoms with Crippen molar-refractivity contribution in [2.24, 2.45) is 5.10 Å². The fraction of sp³-hybridized carbons (Fsp3) is 0.167. The lowest BCUT2D eigenvalue weighted by Crippen LogP contribution is -1.97. The number of nitrogens with zero attached hydrogens (tertiary/aromatic N) is 3. The Morgan fingerprint density at radius 1 is 1.50 bits per heavy atom. The van der Waals surface area contributed by atoms with Crippen molar-refractivity contribution in [3.8, 4) is 5.75 Å². The number of ether oxygens (including phenoxy) is 1. The van der Waals surface area contributed by atoms with Crippen LogP contribution in [0.4, 0.5) is 5.95 Å². The fourth-order valence-electron chi connectivity index (χ4n) is 1.48. The minimum atomic E-state index is 0.376. The van der Waals surface area contributed by atoms with Crippen LogP contribution in [0.3, 0.4) is 0 Å². The topological polar surface area (TPSA) is 65.4 Å². The van der Waals surface area contributed by atoms with Crippen LogP contribution in [0.15, 0.2) is 29.5 Å². The number of nitrogens with two attached hydrogens (primary N) is 1. The molecular formula is C12H13IN4O. The minimum Gasteiger partial charge on any atom is -0.496 e. The Balaban J connectivity index is 2.26. The largest absolute Gasteiger partial charge is 0.496 e. The molecule has 1 aromatic carbocycles. The van der Waals surface area contributed by atoms with Crippen LogP contribution in [0.2, 0.25) is 0 Å². The summed E-state index contributed by atoms with van der Waals surface area (Å²) in [5.74, 6) is 1.20. The Labute approximate surface area is 119 Å². The predicted molar refractivity (Wildman–Crippen MR) is 80.1 cm³/mol. The van der Waals surface area contributed by atoms with Gasteiger partial charge in [-0.1, -0.05) is 6.07 Å². The lowest BCUT2D eigenvalue weighted by molar-refractivity contribution is 0.412. The van der Waals surface area contributed by atoms with Crippen molar-refractivity contribution in [1.29, 1.82) is 0 Å². The SMILES string of the molecule is COc1cc(C=Nn2cc(C)nc2N)ccc1I. The van der Waals surface area contributed by atoms with Gasteiger partial charge in [0.05, 0.1) is 28.8 Å². The molecule has 0 aliphatic heterocycles. The number of imidazole rings is 1. The molecule has 1 heterocycles. The molecular weight excluding hydrogens is 343 g/mol. The van der Waals surface area contributed by atoms with Crippen molar-refractivity contribution in [3.05, 3.63) is 39.2 Å². The van der Waals surface area contributed by atoms with Crippen LogP contribution >= 0.6 is 22.6 Å². The second-order valence-corrected chi connectivity index (χ2v) is 4.89. The molecule has 0 spiro atoms. The molecule has 0 fully saturated rings. The highest BCUT2D eigenvalue weighted by Gasteiger charge is 2.01. The summed E-state index contributed by atoms with van der Waals surface area (Å²) in [6.07, 6.45) is 3.49. The first-order valence-corrected chi connectivity index (χ1v) is 6.37. The molecule has 2 rings (SSSR count). The first-order valence-electron chi connectivity index (χ1n) is 5.29. The Kier molecular flexibility index (Phi) is 3.85. The molecule has 0 atom stereocenters. The first-order chi connectivity index (χ1) is 8.60. The zero-order chi connectivity index (χ0) is 13.1. The normalized spacial score (nSPS) is 11.1. The van der Waals surface area contributed by atoms with Gasteiger partial charge < -0.3 is 10.5 Å². The summed E-state index contributed by atoms with van der Waals surface area (Å²) < 4.78 is 7.85. The van der Waals surface area contributed by atoms with Crippen LogP contribution < -0.4 is 10.5 Å². The van der Waals surface area contributed by atoms with Crippen LogP contribution in [0.5, 0.6) is 5.75 Å². The van der Waals surface area contributed by atoms with E-state index in [0.29, 0.717) is 5.95 Å². The van der Waals surface area contributed by atoms with Crippen molar-refractivity contribution in [2.45, 2.75) is 6.92 Å². The number of halogens is 1. The highest BCUT2D eigenvalue weighted by atomic mass is 127. The molecule has 2 aromatic rings. The third-order valence-electron chi connectivity index (χ3n) is 2.34. The van der Waals surface area contributed by atoms with E-state index in [0.717, 1.165) is 20.6 Å². The van der Waals surface area contributed by atoms with E-state index >= 15 is 0 Å². The molecule has 0 unspecified atom stereocenters. The van der Waals surface area contributed by atoms with Gasteiger partial charge in [0.1, 0.15) is 5.75 Å². The lowest BCUT2D eigenvalue weighted by atomic mass is 10.2. The molecule has 2 N–H and O–H groups in total. The van der Waals surface area contributed by atoms with E-state index in [2.05, 4.69) is 32.7 Å². The van der Waals surface area contributed by atoms with Gasteiger partial charge in [0, 0.05) is 0 Å². The fourth-order valence-corrected chi connectivity index (χ4v) is 2.04. The quantitative estimate of drug-likeness (QED) is 0.678. The molecule has 1 aromatic heterocycles. The zero-order valence-corrected chi connectivity index (χ0v) is 12.2.